The third-order valence-corrected chi connectivity index (χ3v) is 6.99. The number of phenols is 1. The SMILES string of the molecule is Oc1cc(-c2nc3ccccc3s2)cc2c1OCCN(Cc1cn[nH]c1-c1ccccc1)C2. The molecule has 0 amide bonds. The smallest absolute Gasteiger partial charge is 0.165 e. The highest BCUT2D eigenvalue weighted by Gasteiger charge is 2.22. The van der Waals surface area contributed by atoms with Crippen LogP contribution in [0.15, 0.2) is 72.9 Å². The van der Waals surface area contributed by atoms with Crippen molar-refractivity contribution in [1.82, 2.24) is 20.1 Å². The van der Waals surface area contributed by atoms with Crippen molar-refractivity contribution in [3.8, 4) is 33.3 Å². The minimum absolute atomic E-state index is 0.164. The van der Waals surface area contributed by atoms with Gasteiger partial charge in [0.2, 0.25) is 0 Å². The molecule has 0 fully saturated rings. The Morgan fingerprint density at radius 2 is 1.88 bits per heavy atom. The molecule has 2 aromatic heterocycles. The molecular weight excluding hydrogens is 432 g/mol. The zero-order chi connectivity index (χ0) is 22.2. The highest BCUT2D eigenvalue weighted by Crippen LogP contribution is 2.40. The van der Waals surface area contributed by atoms with Crippen molar-refractivity contribution in [2.24, 2.45) is 0 Å². The van der Waals surface area contributed by atoms with Crippen LogP contribution < -0.4 is 4.74 Å². The molecule has 164 valence electrons. The molecule has 1 aliphatic rings. The first-order valence-corrected chi connectivity index (χ1v) is 11.7. The van der Waals surface area contributed by atoms with Gasteiger partial charge in [0.05, 0.1) is 22.1 Å². The van der Waals surface area contributed by atoms with Crippen LogP contribution in [-0.4, -0.2) is 38.3 Å². The highest BCUT2D eigenvalue weighted by molar-refractivity contribution is 7.21. The van der Waals surface area contributed by atoms with Gasteiger partial charge in [0.25, 0.3) is 0 Å². The number of rotatable bonds is 4. The van der Waals surface area contributed by atoms with Crippen LogP contribution in [0.25, 0.3) is 32.0 Å². The quantitative estimate of drug-likeness (QED) is 0.378. The molecular formula is C26H22N4O2S. The second kappa shape index (κ2) is 8.35. The number of aromatic nitrogens is 3. The van der Waals surface area contributed by atoms with Crippen molar-refractivity contribution in [3.63, 3.8) is 0 Å². The van der Waals surface area contributed by atoms with Crippen molar-refractivity contribution in [2.75, 3.05) is 13.2 Å². The Morgan fingerprint density at radius 3 is 2.76 bits per heavy atom. The van der Waals surface area contributed by atoms with Gasteiger partial charge in [0.1, 0.15) is 11.6 Å². The number of nitrogens with zero attached hydrogens (tertiary/aromatic N) is 3. The average molecular weight is 455 g/mol. The molecule has 7 heteroatoms. The normalized spacial score (nSPS) is 14.1. The van der Waals surface area contributed by atoms with Crippen LogP contribution in [0.5, 0.6) is 11.5 Å². The third-order valence-electron chi connectivity index (χ3n) is 5.91. The number of aromatic amines is 1. The van der Waals surface area contributed by atoms with Crippen LogP contribution >= 0.6 is 11.3 Å². The van der Waals surface area contributed by atoms with Gasteiger partial charge in [-0.15, -0.1) is 11.3 Å². The topological polar surface area (TPSA) is 74.3 Å². The number of hydrogen-bond donors (Lipinski definition) is 2. The lowest BCUT2D eigenvalue weighted by Gasteiger charge is -2.19. The minimum Gasteiger partial charge on any atom is -0.504 e. The molecule has 0 saturated heterocycles. The monoisotopic (exact) mass is 454 g/mol. The van der Waals surface area contributed by atoms with Crippen LogP contribution in [0, 0.1) is 0 Å². The molecule has 3 heterocycles. The number of aromatic hydroxyl groups is 1. The molecule has 0 spiro atoms. The van der Waals surface area contributed by atoms with E-state index in [9.17, 15) is 5.11 Å². The standard InChI is InChI=1S/C26H22N4O2S/c31-22-13-18(26-28-21-8-4-5-9-23(21)33-26)12-19-15-30(10-11-32-25(19)22)16-20-14-27-29-24(20)17-6-2-1-3-7-17/h1-9,12-14,31H,10-11,15-16H2,(H,27,29). The van der Waals surface area contributed by atoms with Crippen LogP contribution in [0.2, 0.25) is 0 Å². The van der Waals surface area contributed by atoms with Crippen molar-refractivity contribution in [2.45, 2.75) is 13.1 Å². The van der Waals surface area contributed by atoms with Crippen LogP contribution in [0.1, 0.15) is 11.1 Å². The van der Waals surface area contributed by atoms with E-state index >= 15 is 0 Å². The Morgan fingerprint density at radius 1 is 1.03 bits per heavy atom. The van der Waals surface area contributed by atoms with Crippen molar-refractivity contribution in [1.29, 1.82) is 0 Å². The van der Waals surface area contributed by atoms with Gasteiger partial charge in [0.15, 0.2) is 11.5 Å². The third kappa shape index (κ3) is 3.86. The summed E-state index contributed by atoms with van der Waals surface area (Å²) in [6, 6.07) is 22.2. The molecule has 1 aliphatic heterocycles. The van der Waals surface area contributed by atoms with Gasteiger partial charge < -0.3 is 9.84 Å². The van der Waals surface area contributed by atoms with Gasteiger partial charge in [-0.05, 0) is 29.8 Å². The molecule has 2 N–H and O–H groups in total. The Bertz CT molecular complexity index is 1390. The molecule has 6 nitrogen and oxygen atoms in total. The number of nitrogens with one attached hydrogen (secondary N) is 1. The zero-order valence-corrected chi connectivity index (χ0v) is 18.7. The lowest BCUT2D eigenvalue weighted by Crippen LogP contribution is -2.25. The Kier molecular flexibility index (Phi) is 5.05. The first-order chi connectivity index (χ1) is 16.2. The zero-order valence-electron chi connectivity index (χ0n) is 17.9. The van der Waals surface area contributed by atoms with Gasteiger partial charge in [-0.1, -0.05) is 42.5 Å². The first kappa shape index (κ1) is 20.0. The van der Waals surface area contributed by atoms with Gasteiger partial charge in [0, 0.05) is 36.3 Å². The van der Waals surface area contributed by atoms with Crippen LogP contribution in [0.4, 0.5) is 0 Å². The first-order valence-electron chi connectivity index (χ1n) is 10.9. The van der Waals surface area contributed by atoms with Crippen molar-refractivity contribution < 1.29 is 9.84 Å². The molecule has 6 rings (SSSR count). The minimum atomic E-state index is 0.164. The Balaban J connectivity index is 1.31. The second-order valence-electron chi connectivity index (χ2n) is 8.17. The molecule has 0 radical (unpaired) electrons. The van der Waals surface area contributed by atoms with Gasteiger partial charge >= 0.3 is 0 Å². The maximum absolute atomic E-state index is 10.8. The summed E-state index contributed by atoms with van der Waals surface area (Å²) < 4.78 is 7.09. The predicted octanol–water partition coefficient (Wildman–Crippen LogP) is 5.45. The molecule has 5 aromatic rings. The fourth-order valence-electron chi connectivity index (χ4n) is 4.33. The largest absolute Gasteiger partial charge is 0.504 e. The molecule has 0 atom stereocenters. The maximum Gasteiger partial charge on any atom is 0.165 e. The molecule has 0 bridgehead atoms. The fourth-order valence-corrected chi connectivity index (χ4v) is 5.29. The number of benzene rings is 3. The van der Waals surface area contributed by atoms with Gasteiger partial charge in [-0.3, -0.25) is 10.00 Å². The number of thiazole rings is 1. The van der Waals surface area contributed by atoms with Gasteiger partial charge in [-0.2, -0.15) is 5.10 Å². The molecule has 0 saturated carbocycles. The molecule has 3 aromatic carbocycles. The summed E-state index contributed by atoms with van der Waals surface area (Å²) in [5.74, 6) is 0.731. The van der Waals surface area contributed by atoms with E-state index in [1.807, 2.05) is 42.6 Å². The summed E-state index contributed by atoms with van der Waals surface area (Å²) in [5, 5.41) is 19.1. The van der Waals surface area contributed by atoms with E-state index in [1.165, 1.54) is 0 Å². The molecule has 0 unspecified atom stereocenters. The summed E-state index contributed by atoms with van der Waals surface area (Å²) in [7, 11) is 0. The number of fused-ring (bicyclic) bond motifs is 2. The van der Waals surface area contributed by atoms with E-state index in [0.717, 1.165) is 56.3 Å². The predicted molar refractivity (Wildman–Crippen MR) is 130 cm³/mol. The fraction of sp³-hybridized carbons (Fsp3) is 0.154. The van der Waals surface area contributed by atoms with E-state index in [-0.39, 0.29) is 5.75 Å². The number of phenolic OH excluding ortho intramolecular Hbond substituents is 1. The maximum atomic E-state index is 10.8. The number of ether oxygens (including phenoxy) is 1. The van der Waals surface area contributed by atoms with E-state index < -0.39 is 0 Å². The highest BCUT2D eigenvalue weighted by atomic mass is 32.1. The number of H-pyrrole nitrogens is 1. The average Bonchev–Trinajstić information content (AvgIpc) is 3.42. The number of para-hydroxylation sites is 1. The lowest BCUT2D eigenvalue weighted by molar-refractivity contribution is 0.217. The molecule has 0 aliphatic carbocycles. The summed E-state index contributed by atoms with van der Waals surface area (Å²) in [6.45, 7) is 2.67. The summed E-state index contributed by atoms with van der Waals surface area (Å²) in [5.41, 5.74) is 6.13. The van der Waals surface area contributed by atoms with Gasteiger partial charge in [-0.25, -0.2) is 4.98 Å². The van der Waals surface area contributed by atoms with E-state index in [1.54, 1.807) is 17.4 Å². The van der Waals surface area contributed by atoms with E-state index in [4.69, 9.17) is 9.72 Å². The Labute approximate surface area is 195 Å². The number of hydrogen-bond acceptors (Lipinski definition) is 6. The Hall–Kier alpha value is -3.68. The van der Waals surface area contributed by atoms with E-state index in [0.29, 0.717) is 18.9 Å². The van der Waals surface area contributed by atoms with Crippen molar-refractivity contribution >= 4 is 21.6 Å². The summed E-state index contributed by atoms with van der Waals surface area (Å²) in [6.07, 6.45) is 1.89. The van der Waals surface area contributed by atoms with Crippen molar-refractivity contribution in [3.05, 3.63) is 84.1 Å². The second-order valence-corrected chi connectivity index (χ2v) is 9.20. The summed E-state index contributed by atoms with van der Waals surface area (Å²) >= 11 is 1.63. The van der Waals surface area contributed by atoms with Crippen LogP contribution in [-0.2, 0) is 13.1 Å². The van der Waals surface area contributed by atoms with Crippen LogP contribution in [0.3, 0.4) is 0 Å². The molecule has 33 heavy (non-hydrogen) atoms. The summed E-state index contributed by atoms with van der Waals surface area (Å²) in [4.78, 5) is 7.09. The van der Waals surface area contributed by atoms with E-state index in [2.05, 4.69) is 39.4 Å². The lowest BCUT2D eigenvalue weighted by atomic mass is 10.1.